The van der Waals surface area contributed by atoms with E-state index in [4.69, 9.17) is 9.72 Å². The molecule has 4 heterocycles. The van der Waals surface area contributed by atoms with Crippen molar-refractivity contribution in [1.82, 2.24) is 29.2 Å². The van der Waals surface area contributed by atoms with Crippen molar-refractivity contribution in [3.63, 3.8) is 0 Å². The zero-order valence-corrected chi connectivity index (χ0v) is 23.6. The molecule has 5 rings (SSSR count). The van der Waals surface area contributed by atoms with Crippen LogP contribution in [-0.2, 0) is 44.0 Å². The van der Waals surface area contributed by atoms with Crippen LogP contribution >= 0.6 is 0 Å². The summed E-state index contributed by atoms with van der Waals surface area (Å²) in [5.74, 6) is 0.923. The van der Waals surface area contributed by atoms with E-state index in [0.29, 0.717) is 38.4 Å². The average molecular weight is 553 g/mol. The average Bonchev–Trinajstić information content (AvgIpc) is 3.49. The molecule has 1 aromatic carbocycles. The van der Waals surface area contributed by atoms with Gasteiger partial charge in [-0.2, -0.15) is 18.3 Å². The zero-order valence-electron chi connectivity index (χ0n) is 23.6. The normalized spacial score (nSPS) is 15.5. The van der Waals surface area contributed by atoms with Gasteiger partial charge in [-0.15, -0.1) is 0 Å². The van der Waals surface area contributed by atoms with E-state index in [1.165, 1.54) is 17.9 Å². The number of pyridine rings is 1. The monoisotopic (exact) mass is 552 g/mol. The number of imidazole rings is 1. The largest absolute Gasteiger partial charge is 0.435 e. The van der Waals surface area contributed by atoms with Gasteiger partial charge in [0.2, 0.25) is 0 Å². The molecular weight excluding hydrogens is 517 g/mol. The van der Waals surface area contributed by atoms with Crippen LogP contribution in [0.2, 0.25) is 0 Å². The molecule has 3 aromatic heterocycles. The Bertz CT molecular complexity index is 1490. The fourth-order valence-corrected chi connectivity index (χ4v) is 5.62. The Morgan fingerprint density at radius 2 is 1.90 bits per heavy atom. The Hall–Kier alpha value is -3.50. The third-order valence-electron chi connectivity index (χ3n) is 7.52. The predicted molar refractivity (Wildman–Crippen MR) is 147 cm³/mol. The first kappa shape index (κ1) is 28.0. The molecule has 0 saturated carbocycles. The number of aromatic nitrogens is 5. The minimum absolute atomic E-state index is 0.0132. The maximum atomic E-state index is 14.1. The first-order valence-corrected chi connectivity index (χ1v) is 13.6. The third kappa shape index (κ3) is 5.83. The Kier molecular flexibility index (Phi) is 7.83. The fraction of sp³-hybridized carbons (Fsp3) is 0.433. The van der Waals surface area contributed by atoms with Crippen LogP contribution in [0.5, 0.6) is 0 Å². The quantitative estimate of drug-likeness (QED) is 0.293. The Morgan fingerprint density at radius 1 is 1.10 bits per heavy atom. The van der Waals surface area contributed by atoms with E-state index in [-0.39, 0.29) is 11.6 Å². The van der Waals surface area contributed by atoms with Gasteiger partial charge < -0.3 is 9.30 Å². The van der Waals surface area contributed by atoms with Crippen molar-refractivity contribution in [1.29, 1.82) is 0 Å². The van der Waals surface area contributed by atoms with Crippen LogP contribution in [0.4, 0.5) is 13.2 Å². The van der Waals surface area contributed by atoms with Crippen molar-refractivity contribution in [2.45, 2.75) is 65.9 Å². The number of rotatable bonds is 6. The summed E-state index contributed by atoms with van der Waals surface area (Å²) in [6.07, 6.45) is 1.87. The molecule has 0 saturated heterocycles. The van der Waals surface area contributed by atoms with Crippen molar-refractivity contribution >= 4 is 0 Å². The molecule has 0 fully saturated rings. The highest BCUT2D eigenvalue weighted by molar-refractivity contribution is 5.72. The van der Waals surface area contributed by atoms with E-state index >= 15 is 0 Å². The summed E-state index contributed by atoms with van der Waals surface area (Å²) in [6, 6.07) is 8.05. The molecule has 1 aliphatic heterocycles. The van der Waals surface area contributed by atoms with Gasteiger partial charge >= 0.3 is 6.18 Å². The van der Waals surface area contributed by atoms with Crippen LogP contribution in [0.25, 0.3) is 11.1 Å². The molecule has 4 aromatic rings. The predicted octanol–water partition coefficient (Wildman–Crippen LogP) is 6.02. The number of nitrogens with zero attached hydrogens (tertiary/aromatic N) is 6. The minimum atomic E-state index is -4.58. The highest BCUT2D eigenvalue weighted by atomic mass is 19.4. The van der Waals surface area contributed by atoms with Crippen LogP contribution in [0.3, 0.4) is 0 Å². The summed E-state index contributed by atoms with van der Waals surface area (Å²) in [6.45, 7) is 9.97. The topological polar surface area (TPSA) is 61.0 Å². The van der Waals surface area contributed by atoms with Gasteiger partial charge in [0.15, 0.2) is 5.69 Å². The highest BCUT2D eigenvalue weighted by Crippen LogP contribution is 2.39. The van der Waals surface area contributed by atoms with Crippen LogP contribution in [0.15, 0.2) is 42.9 Å². The molecular formula is C30H35F3N6O. The molecule has 0 radical (unpaired) electrons. The van der Waals surface area contributed by atoms with Gasteiger partial charge in [-0.1, -0.05) is 13.0 Å². The van der Waals surface area contributed by atoms with E-state index < -0.39 is 11.9 Å². The minimum Gasteiger partial charge on any atom is -0.361 e. The van der Waals surface area contributed by atoms with Gasteiger partial charge in [0.1, 0.15) is 5.82 Å². The molecule has 1 aliphatic rings. The first-order chi connectivity index (χ1) is 19.0. The van der Waals surface area contributed by atoms with Gasteiger partial charge in [0.05, 0.1) is 25.1 Å². The molecule has 0 amide bonds. The van der Waals surface area contributed by atoms with Crippen molar-refractivity contribution in [3.8, 4) is 11.1 Å². The van der Waals surface area contributed by atoms with Gasteiger partial charge in [-0.3, -0.25) is 14.6 Å². The Morgan fingerprint density at radius 3 is 2.62 bits per heavy atom. The number of hydrogen-bond donors (Lipinski definition) is 0. The van der Waals surface area contributed by atoms with Gasteiger partial charge in [0.25, 0.3) is 0 Å². The molecule has 1 atom stereocenters. The number of hydrogen-bond acceptors (Lipinski definition) is 5. The second-order valence-electron chi connectivity index (χ2n) is 10.6. The lowest BCUT2D eigenvalue weighted by Crippen LogP contribution is -2.34. The second-order valence-corrected chi connectivity index (χ2v) is 10.6. The van der Waals surface area contributed by atoms with Crippen molar-refractivity contribution < 1.29 is 17.9 Å². The maximum Gasteiger partial charge on any atom is 0.435 e. The van der Waals surface area contributed by atoms with Gasteiger partial charge in [-0.25, -0.2) is 4.98 Å². The lowest BCUT2D eigenvalue weighted by atomic mass is 9.90. The smallest absolute Gasteiger partial charge is 0.361 e. The number of ether oxygens (including phenoxy) is 1. The summed E-state index contributed by atoms with van der Waals surface area (Å²) >= 11 is 0. The molecule has 0 N–H and O–H groups in total. The van der Waals surface area contributed by atoms with Crippen molar-refractivity contribution in [2.75, 3.05) is 13.3 Å². The molecule has 10 heteroatoms. The molecule has 40 heavy (non-hydrogen) atoms. The van der Waals surface area contributed by atoms with E-state index in [1.54, 1.807) is 6.20 Å². The summed E-state index contributed by atoms with van der Waals surface area (Å²) in [7, 11) is 1.52. The molecule has 0 bridgehead atoms. The lowest BCUT2D eigenvalue weighted by molar-refractivity contribution is -0.140. The van der Waals surface area contributed by atoms with E-state index in [0.717, 1.165) is 45.9 Å². The Labute approximate surface area is 232 Å². The summed E-state index contributed by atoms with van der Waals surface area (Å²) in [5.41, 5.74) is 5.47. The van der Waals surface area contributed by atoms with Crippen molar-refractivity contribution in [2.24, 2.45) is 7.05 Å². The van der Waals surface area contributed by atoms with E-state index in [2.05, 4.69) is 34.0 Å². The second kappa shape index (κ2) is 11.2. The number of halogens is 3. The van der Waals surface area contributed by atoms with Crippen molar-refractivity contribution in [3.05, 3.63) is 88.0 Å². The SMILES string of the molecule is CCc1nccn1Cc1cc2c(c(-c3cn(C)nc3C(F)(F)F)c1)CCN([C@@H](C)c1cc(C)cc(C)n1)COC2. The number of alkyl halides is 3. The first-order valence-electron chi connectivity index (χ1n) is 13.6. The van der Waals surface area contributed by atoms with Crippen LogP contribution in [0, 0.1) is 13.8 Å². The maximum absolute atomic E-state index is 14.1. The molecule has 0 unspecified atom stereocenters. The number of benzene rings is 1. The zero-order chi connectivity index (χ0) is 28.6. The van der Waals surface area contributed by atoms with Crippen LogP contribution < -0.4 is 0 Å². The number of aryl methyl sites for hydroxylation is 4. The lowest BCUT2D eigenvalue weighted by Gasteiger charge is -2.32. The standard InChI is InChI=1S/C30H35F3N6O/c1-6-28-34-8-10-38(28)15-22-13-23-17-40-18-39(21(4)27-12-19(2)11-20(3)35-27)9-7-24(23)25(14-22)26-16-37(5)36-29(26)30(31,32)33/h8,10-14,16,21H,6-7,9,15,17-18H2,1-5H3/t21-/m0/s1. The van der Waals surface area contributed by atoms with Gasteiger partial charge in [0, 0.05) is 56.4 Å². The molecule has 212 valence electrons. The molecule has 0 aliphatic carbocycles. The summed E-state index contributed by atoms with van der Waals surface area (Å²) < 4.78 is 51.8. The fourth-order valence-electron chi connectivity index (χ4n) is 5.62. The number of fused-ring (bicyclic) bond motifs is 1. The van der Waals surface area contributed by atoms with E-state index in [9.17, 15) is 13.2 Å². The third-order valence-corrected chi connectivity index (χ3v) is 7.52. The summed E-state index contributed by atoms with van der Waals surface area (Å²) in [4.78, 5) is 11.3. The van der Waals surface area contributed by atoms with Crippen LogP contribution in [0.1, 0.15) is 65.0 Å². The highest BCUT2D eigenvalue weighted by Gasteiger charge is 2.38. The Balaban J connectivity index is 1.56. The molecule has 0 spiro atoms. The molecule has 7 nitrogen and oxygen atoms in total. The summed E-state index contributed by atoms with van der Waals surface area (Å²) in [5, 5.41) is 3.81. The van der Waals surface area contributed by atoms with E-state index in [1.807, 2.05) is 43.7 Å². The van der Waals surface area contributed by atoms with Gasteiger partial charge in [-0.05, 0) is 73.2 Å². The van der Waals surface area contributed by atoms with Crippen LogP contribution in [-0.4, -0.2) is 42.5 Å².